The number of fused-ring (bicyclic) bond motifs is 1. The van der Waals surface area contributed by atoms with Crippen molar-refractivity contribution in [3.05, 3.63) is 113 Å². The summed E-state index contributed by atoms with van der Waals surface area (Å²) in [7, 11) is 0. The number of aromatic nitrogens is 1. The van der Waals surface area contributed by atoms with Gasteiger partial charge in [-0.3, -0.25) is 9.59 Å². The molecule has 8 nitrogen and oxygen atoms in total. The maximum Gasteiger partial charge on any atom is 0.257 e. The van der Waals surface area contributed by atoms with Gasteiger partial charge < -0.3 is 26.2 Å². The van der Waals surface area contributed by atoms with Crippen LogP contribution in [-0.4, -0.2) is 34.9 Å². The molecule has 38 heavy (non-hydrogen) atoms. The zero-order valence-electron chi connectivity index (χ0n) is 20.2. The summed E-state index contributed by atoms with van der Waals surface area (Å²) in [5.41, 5.74) is 3.87. The Morgan fingerprint density at radius 1 is 1.13 bits per heavy atom. The SMILES string of the molecule is O=C1Nc2cc(/C=C/CNc3ncccc3C(=O)NCc3ccc(F)c(F)c3)ccc2/C1=C/N1C=CNC1. The van der Waals surface area contributed by atoms with E-state index >= 15 is 0 Å². The van der Waals surface area contributed by atoms with Crippen LogP contribution in [0.5, 0.6) is 0 Å². The van der Waals surface area contributed by atoms with Crippen LogP contribution < -0.4 is 21.3 Å². The number of benzene rings is 2. The van der Waals surface area contributed by atoms with E-state index in [-0.39, 0.29) is 12.5 Å². The highest BCUT2D eigenvalue weighted by atomic mass is 19.2. The third-order valence-corrected chi connectivity index (χ3v) is 5.97. The molecule has 2 amide bonds. The second-order valence-corrected chi connectivity index (χ2v) is 8.61. The Morgan fingerprint density at radius 3 is 2.84 bits per heavy atom. The minimum Gasteiger partial charge on any atom is -0.372 e. The molecule has 0 spiro atoms. The third kappa shape index (κ3) is 5.54. The maximum atomic E-state index is 13.4. The Bertz CT molecular complexity index is 1480. The van der Waals surface area contributed by atoms with Crippen LogP contribution in [0.25, 0.3) is 11.6 Å². The molecule has 3 heterocycles. The predicted molar refractivity (Wildman–Crippen MR) is 141 cm³/mol. The van der Waals surface area contributed by atoms with Crippen LogP contribution in [0, 0.1) is 11.6 Å². The lowest BCUT2D eigenvalue weighted by Crippen LogP contribution is -2.24. The standard InChI is InChI=1S/C28H24F2N6O2/c29-23-8-6-19(13-24(23)30)15-34-27(37)21-4-2-10-33-26(21)32-9-1-3-18-5-7-20-22(16-36-12-11-31-17-36)28(38)35-25(20)14-18/h1-8,10-14,16,31H,9,15,17H2,(H,32,33)(H,34,37)(H,35,38)/b3-1+,22-16-. The van der Waals surface area contributed by atoms with E-state index in [2.05, 4.69) is 26.3 Å². The van der Waals surface area contributed by atoms with Crippen molar-refractivity contribution in [2.75, 3.05) is 23.8 Å². The molecule has 0 saturated carbocycles. The molecular weight excluding hydrogens is 490 g/mol. The summed E-state index contributed by atoms with van der Waals surface area (Å²) in [5.74, 6) is -2.05. The van der Waals surface area contributed by atoms with Gasteiger partial charge >= 0.3 is 0 Å². The predicted octanol–water partition coefficient (Wildman–Crippen LogP) is 4.04. The van der Waals surface area contributed by atoms with Crippen LogP contribution in [0.2, 0.25) is 0 Å². The van der Waals surface area contributed by atoms with Gasteiger partial charge in [0.1, 0.15) is 5.82 Å². The number of carbonyl (C=O) groups is 2. The average molecular weight is 515 g/mol. The van der Waals surface area contributed by atoms with Crippen LogP contribution in [0.3, 0.4) is 0 Å². The van der Waals surface area contributed by atoms with Crippen LogP contribution >= 0.6 is 0 Å². The Labute approximate surface area is 217 Å². The Balaban J connectivity index is 1.19. The third-order valence-electron chi connectivity index (χ3n) is 5.97. The molecule has 0 saturated heterocycles. The van der Waals surface area contributed by atoms with Crippen molar-refractivity contribution in [3.8, 4) is 0 Å². The van der Waals surface area contributed by atoms with E-state index in [0.717, 1.165) is 28.9 Å². The molecule has 192 valence electrons. The van der Waals surface area contributed by atoms with Gasteiger partial charge in [-0.1, -0.05) is 30.4 Å². The van der Waals surface area contributed by atoms with E-state index in [4.69, 9.17) is 0 Å². The summed E-state index contributed by atoms with van der Waals surface area (Å²) in [4.78, 5) is 31.3. The molecule has 0 fully saturated rings. The smallest absolute Gasteiger partial charge is 0.257 e. The first-order valence-electron chi connectivity index (χ1n) is 11.9. The first kappa shape index (κ1) is 24.7. The second-order valence-electron chi connectivity index (χ2n) is 8.61. The van der Waals surface area contributed by atoms with Gasteiger partial charge in [-0.05, 0) is 41.5 Å². The van der Waals surface area contributed by atoms with Crippen molar-refractivity contribution < 1.29 is 18.4 Å². The monoisotopic (exact) mass is 514 g/mol. The number of rotatable bonds is 8. The lowest BCUT2D eigenvalue weighted by atomic mass is 10.1. The minimum absolute atomic E-state index is 0.0433. The Morgan fingerprint density at radius 2 is 2.03 bits per heavy atom. The lowest BCUT2D eigenvalue weighted by molar-refractivity contribution is -0.110. The molecule has 1 aromatic heterocycles. The molecule has 10 heteroatoms. The van der Waals surface area contributed by atoms with Crippen LogP contribution in [0.1, 0.15) is 27.0 Å². The fourth-order valence-electron chi connectivity index (χ4n) is 4.06. The molecule has 3 aromatic rings. The number of amides is 2. The van der Waals surface area contributed by atoms with E-state index in [1.54, 1.807) is 18.3 Å². The van der Waals surface area contributed by atoms with E-state index in [0.29, 0.717) is 35.7 Å². The first-order chi connectivity index (χ1) is 18.5. The zero-order valence-corrected chi connectivity index (χ0v) is 20.2. The Hall–Kier alpha value is -4.99. The van der Waals surface area contributed by atoms with Crippen molar-refractivity contribution in [3.63, 3.8) is 0 Å². The van der Waals surface area contributed by atoms with Crippen molar-refractivity contribution >= 4 is 35.0 Å². The summed E-state index contributed by atoms with van der Waals surface area (Å²) in [5, 5.41) is 11.8. The number of halogens is 2. The summed E-state index contributed by atoms with van der Waals surface area (Å²) in [6.07, 6.45) is 10.9. The average Bonchev–Trinajstić information content (AvgIpc) is 3.55. The maximum absolute atomic E-state index is 13.4. The fourth-order valence-corrected chi connectivity index (χ4v) is 4.06. The van der Waals surface area contributed by atoms with Crippen molar-refractivity contribution in [1.29, 1.82) is 0 Å². The number of nitrogens with zero attached hydrogens (tertiary/aromatic N) is 2. The fraction of sp³-hybridized carbons (Fsp3) is 0.107. The molecule has 4 N–H and O–H groups in total. The zero-order chi connectivity index (χ0) is 26.5. The van der Waals surface area contributed by atoms with Gasteiger partial charge in [0.15, 0.2) is 11.6 Å². The quantitative estimate of drug-likeness (QED) is 0.339. The van der Waals surface area contributed by atoms with E-state index < -0.39 is 17.5 Å². The second kappa shape index (κ2) is 11.0. The van der Waals surface area contributed by atoms with Gasteiger partial charge in [-0.2, -0.15) is 0 Å². The molecule has 0 unspecified atom stereocenters. The van der Waals surface area contributed by atoms with Gasteiger partial charge in [0, 0.05) is 49.1 Å². The molecule has 0 aliphatic carbocycles. The molecule has 2 aromatic carbocycles. The number of nitrogens with one attached hydrogen (secondary N) is 4. The number of anilines is 2. The van der Waals surface area contributed by atoms with E-state index in [9.17, 15) is 18.4 Å². The van der Waals surface area contributed by atoms with Crippen molar-refractivity contribution in [2.45, 2.75) is 6.54 Å². The molecule has 0 radical (unpaired) electrons. The number of pyridine rings is 1. The number of carbonyl (C=O) groups excluding carboxylic acids is 2. The summed E-state index contributed by atoms with van der Waals surface area (Å²) < 4.78 is 26.5. The minimum atomic E-state index is -0.966. The topological polar surface area (TPSA) is 98.4 Å². The molecule has 2 aliphatic heterocycles. The van der Waals surface area contributed by atoms with Crippen LogP contribution in [-0.2, 0) is 11.3 Å². The number of hydrogen-bond donors (Lipinski definition) is 4. The summed E-state index contributed by atoms with van der Waals surface area (Å²) in [6.45, 7) is 1.05. The Kier molecular flexibility index (Phi) is 7.12. The van der Waals surface area contributed by atoms with Gasteiger partial charge in [0.2, 0.25) is 0 Å². The first-order valence-corrected chi connectivity index (χ1v) is 11.9. The number of hydrogen-bond acceptors (Lipinski definition) is 6. The van der Waals surface area contributed by atoms with E-state index in [1.807, 2.05) is 53.9 Å². The molecular formula is C28H24F2N6O2. The van der Waals surface area contributed by atoms with Gasteiger partial charge in [0.05, 0.1) is 17.8 Å². The van der Waals surface area contributed by atoms with E-state index in [1.165, 1.54) is 6.07 Å². The van der Waals surface area contributed by atoms with Gasteiger partial charge in [-0.25, -0.2) is 13.8 Å². The summed E-state index contributed by atoms with van der Waals surface area (Å²) >= 11 is 0. The van der Waals surface area contributed by atoms with Crippen molar-refractivity contribution in [2.24, 2.45) is 0 Å². The highest BCUT2D eigenvalue weighted by Crippen LogP contribution is 2.33. The van der Waals surface area contributed by atoms with Crippen LogP contribution in [0.15, 0.2) is 79.4 Å². The highest BCUT2D eigenvalue weighted by molar-refractivity contribution is 6.31. The molecule has 2 aliphatic rings. The highest BCUT2D eigenvalue weighted by Gasteiger charge is 2.25. The molecule has 5 rings (SSSR count). The molecule has 0 atom stereocenters. The largest absolute Gasteiger partial charge is 0.372 e. The summed E-state index contributed by atoms with van der Waals surface area (Å²) in [6, 6.07) is 12.5. The lowest BCUT2D eigenvalue weighted by Gasteiger charge is -2.10. The van der Waals surface area contributed by atoms with Gasteiger partial charge in [-0.15, -0.1) is 0 Å². The van der Waals surface area contributed by atoms with Gasteiger partial charge in [0.25, 0.3) is 11.8 Å². The molecule has 0 bridgehead atoms. The van der Waals surface area contributed by atoms with Crippen molar-refractivity contribution in [1.82, 2.24) is 20.5 Å². The normalized spacial score (nSPS) is 15.1. The van der Waals surface area contributed by atoms with Crippen LogP contribution in [0.4, 0.5) is 20.3 Å².